The van der Waals surface area contributed by atoms with E-state index in [0.29, 0.717) is 12.0 Å². The van der Waals surface area contributed by atoms with Crippen molar-refractivity contribution in [2.75, 3.05) is 27.2 Å². The number of nitrogens with one attached hydrogen (secondary N) is 2. The summed E-state index contributed by atoms with van der Waals surface area (Å²) in [6.45, 7) is 12.0. The maximum atomic E-state index is 11.7. The van der Waals surface area contributed by atoms with Gasteiger partial charge in [-0.2, -0.15) is 0 Å². The van der Waals surface area contributed by atoms with Crippen molar-refractivity contribution in [2.45, 2.75) is 59.9 Å². The van der Waals surface area contributed by atoms with Gasteiger partial charge in [0.1, 0.15) is 6.54 Å². The monoisotopic (exact) mass is 440 g/mol. The van der Waals surface area contributed by atoms with E-state index in [1.165, 1.54) is 12.8 Å². The number of rotatable bonds is 9. The molecule has 0 radical (unpaired) electrons. The van der Waals surface area contributed by atoms with Gasteiger partial charge in [-0.3, -0.25) is 4.79 Å². The van der Waals surface area contributed by atoms with Crippen LogP contribution in [0.5, 0.6) is 0 Å². The van der Waals surface area contributed by atoms with E-state index < -0.39 is 0 Å². The number of hydrogen-bond donors (Lipinski definition) is 2. The van der Waals surface area contributed by atoms with E-state index in [1.54, 1.807) is 19.0 Å². The molecule has 0 aliphatic heterocycles. The number of carbonyl (C=O) groups is 1. The van der Waals surface area contributed by atoms with Gasteiger partial charge in [0.2, 0.25) is 5.91 Å². The molecule has 0 aliphatic carbocycles. The van der Waals surface area contributed by atoms with Crippen LogP contribution in [0.3, 0.4) is 0 Å². The molecule has 138 valence electrons. The minimum Gasteiger partial charge on any atom is -0.356 e. The second-order valence-corrected chi connectivity index (χ2v) is 7.10. The van der Waals surface area contributed by atoms with E-state index in [1.807, 2.05) is 0 Å². The first-order chi connectivity index (χ1) is 10.2. The number of likely N-dealkylation sites (N-methyl/N-ethyl adjacent to an activating group) is 1. The lowest BCUT2D eigenvalue weighted by molar-refractivity contribution is -0.127. The quantitative estimate of drug-likeness (QED) is 0.329. The topological polar surface area (TPSA) is 56.7 Å². The number of halogens is 1. The zero-order valence-electron chi connectivity index (χ0n) is 16.0. The number of nitrogens with zero attached hydrogens (tertiary/aromatic N) is 2. The fraction of sp³-hybridized carbons (Fsp3) is 0.882. The average Bonchev–Trinajstić information content (AvgIpc) is 2.40. The lowest BCUT2D eigenvalue weighted by Gasteiger charge is -2.20. The summed E-state index contributed by atoms with van der Waals surface area (Å²) in [5, 5.41) is 6.72. The van der Waals surface area contributed by atoms with Crippen LogP contribution in [0.4, 0.5) is 0 Å². The van der Waals surface area contributed by atoms with Crippen LogP contribution in [0.1, 0.15) is 53.9 Å². The Morgan fingerprint density at radius 3 is 2.13 bits per heavy atom. The lowest BCUT2D eigenvalue weighted by atomic mass is 10.0. The van der Waals surface area contributed by atoms with Crippen molar-refractivity contribution < 1.29 is 4.79 Å². The largest absolute Gasteiger partial charge is 0.356 e. The Labute approximate surface area is 160 Å². The summed E-state index contributed by atoms with van der Waals surface area (Å²) in [5.74, 6) is 2.03. The van der Waals surface area contributed by atoms with Crippen molar-refractivity contribution in [3.05, 3.63) is 0 Å². The summed E-state index contributed by atoms with van der Waals surface area (Å²) in [5.41, 5.74) is 0. The van der Waals surface area contributed by atoms with Crippen LogP contribution in [0.25, 0.3) is 0 Å². The minimum atomic E-state index is 0. The van der Waals surface area contributed by atoms with Crippen molar-refractivity contribution >= 4 is 35.8 Å². The van der Waals surface area contributed by atoms with E-state index in [4.69, 9.17) is 0 Å². The number of carbonyl (C=O) groups excluding carboxylic acids is 1. The van der Waals surface area contributed by atoms with Gasteiger partial charge in [0.05, 0.1) is 0 Å². The molecule has 0 fully saturated rings. The lowest BCUT2D eigenvalue weighted by Crippen LogP contribution is -2.44. The number of aliphatic imine (C=N–C) groups is 1. The van der Waals surface area contributed by atoms with Crippen molar-refractivity contribution in [1.29, 1.82) is 0 Å². The Balaban J connectivity index is 0. The van der Waals surface area contributed by atoms with Gasteiger partial charge in [-0.15, -0.1) is 24.0 Å². The van der Waals surface area contributed by atoms with Crippen LogP contribution in [0.2, 0.25) is 0 Å². The molecule has 5 nitrogen and oxygen atoms in total. The van der Waals surface area contributed by atoms with Crippen molar-refractivity contribution in [2.24, 2.45) is 16.8 Å². The predicted octanol–water partition coefficient (Wildman–Crippen LogP) is 3.10. The molecule has 0 aromatic heterocycles. The molecule has 0 saturated heterocycles. The molecule has 23 heavy (non-hydrogen) atoms. The summed E-state index contributed by atoms with van der Waals surface area (Å²) in [4.78, 5) is 17.6. The van der Waals surface area contributed by atoms with Gasteiger partial charge in [0.15, 0.2) is 5.96 Å². The molecule has 0 spiro atoms. The summed E-state index contributed by atoms with van der Waals surface area (Å²) in [6, 6.07) is 0.353. The van der Waals surface area contributed by atoms with Crippen LogP contribution < -0.4 is 10.6 Å². The van der Waals surface area contributed by atoms with E-state index in [0.717, 1.165) is 24.8 Å². The molecule has 0 aliphatic rings. The second kappa shape index (κ2) is 13.9. The van der Waals surface area contributed by atoms with Crippen molar-refractivity contribution in [3.63, 3.8) is 0 Å². The Morgan fingerprint density at radius 2 is 1.65 bits per heavy atom. The third-order valence-electron chi connectivity index (χ3n) is 3.35. The molecule has 1 atom stereocenters. The molecule has 0 aromatic rings. The highest BCUT2D eigenvalue weighted by atomic mass is 127. The Bertz CT molecular complexity index is 343. The first-order valence-corrected chi connectivity index (χ1v) is 8.47. The zero-order chi connectivity index (χ0) is 17.1. The fourth-order valence-electron chi connectivity index (χ4n) is 1.88. The van der Waals surface area contributed by atoms with Gasteiger partial charge >= 0.3 is 0 Å². The van der Waals surface area contributed by atoms with Crippen LogP contribution in [0, 0.1) is 11.8 Å². The highest BCUT2D eigenvalue weighted by Gasteiger charge is 2.08. The molecular weight excluding hydrogens is 403 g/mol. The smallest absolute Gasteiger partial charge is 0.243 e. The third kappa shape index (κ3) is 14.8. The highest BCUT2D eigenvalue weighted by Crippen LogP contribution is 2.08. The molecule has 1 amide bonds. The normalized spacial score (nSPS) is 12.8. The molecule has 0 saturated carbocycles. The molecule has 0 bridgehead atoms. The van der Waals surface area contributed by atoms with Gasteiger partial charge in [-0.1, -0.05) is 40.5 Å². The van der Waals surface area contributed by atoms with Crippen LogP contribution in [-0.2, 0) is 4.79 Å². The van der Waals surface area contributed by atoms with E-state index in [2.05, 4.69) is 50.2 Å². The molecular formula is C17H37IN4O. The van der Waals surface area contributed by atoms with Gasteiger partial charge in [0, 0.05) is 26.7 Å². The highest BCUT2D eigenvalue weighted by molar-refractivity contribution is 14.0. The van der Waals surface area contributed by atoms with Crippen LogP contribution in [-0.4, -0.2) is 50.0 Å². The summed E-state index contributed by atoms with van der Waals surface area (Å²) < 4.78 is 0. The summed E-state index contributed by atoms with van der Waals surface area (Å²) in [6.07, 6.45) is 3.57. The maximum absolute atomic E-state index is 11.7. The zero-order valence-corrected chi connectivity index (χ0v) is 18.3. The Morgan fingerprint density at radius 1 is 1.04 bits per heavy atom. The average molecular weight is 440 g/mol. The Kier molecular flexibility index (Phi) is 14.9. The van der Waals surface area contributed by atoms with Crippen molar-refractivity contribution in [1.82, 2.24) is 15.5 Å². The minimum absolute atomic E-state index is 0. The van der Waals surface area contributed by atoms with E-state index in [-0.39, 0.29) is 36.4 Å². The second-order valence-electron chi connectivity index (χ2n) is 7.10. The molecule has 0 heterocycles. The first kappa shape index (κ1) is 24.7. The number of hydrogen-bond acceptors (Lipinski definition) is 2. The summed E-state index contributed by atoms with van der Waals surface area (Å²) >= 11 is 0. The standard InChI is InChI=1S/C17H36N4O.HI/c1-13(2)9-8-10-15(5)20-17(18-11-14(3)4)19-12-16(22)21(6)7;/h13-15H,8-12H2,1-7H3,(H2,18,19,20);1H. The molecule has 6 heteroatoms. The molecule has 2 N–H and O–H groups in total. The SMILES string of the molecule is CC(C)CCCC(C)NC(=NCC(=O)N(C)C)NCC(C)C.I. The number of guanidine groups is 1. The maximum Gasteiger partial charge on any atom is 0.243 e. The Hall–Kier alpha value is -0.530. The predicted molar refractivity (Wildman–Crippen MR) is 111 cm³/mol. The van der Waals surface area contributed by atoms with Gasteiger partial charge in [0.25, 0.3) is 0 Å². The molecule has 0 aromatic carbocycles. The first-order valence-electron chi connectivity index (χ1n) is 8.47. The van der Waals surface area contributed by atoms with Gasteiger partial charge in [-0.25, -0.2) is 4.99 Å². The summed E-state index contributed by atoms with van der Waals surface area (Å²) in [7, 11) is 3.50. The van der Waals surface area contributed by atoms with Gasteiger partial charge < -0.3 is 15.5 Å². The fourth-order valence-corrected chi connectivity index (χ4v) is 1.88. The molecule has 0 rings (SSSR count). The third-order valence-corrected chi connectivity index (χ3v) is 3.35. The van der Waals surface area contributed by atoms with E-state index >= 15 is 0 Å². The van der Waals surface area contributed by atoms with Crippen LogP contribution in [0.15, 0.2) is 4.99 Å². The van der Waals surface area contributed by atoms with E-state index in [9.17, 15) is 4.79 Å². The number of amides is 1. The van der Waals surface area contributed by atoms with Crippen molar-refractivity contribution in [3.8, 4) is 0 Å². The van der Waals surface area contributed by atoms with Gasteiger partial charge in [-0.05, 0) is 25.2 Å². The van der Waals surface area contributed by atoms with Crippen LogP contribution >= 0.6 is 24.0 Å². The molecule has 1 unspecified atom stereocenters.